The maximum absolute atomic E-state index is 12.1. The van der Waals surface area contributed by atoms with E-state index in [0.29, 0.717) is 12.4 Å². The highest BCUT2D eigenvalue weighted by Crippen LogP contribution is 2.20. The van der Waals surface area contributed by atoms with Gasteiger partial charge in [0.1, 0.15) is 0 Å². The summed E-state index contributed by atoms with van der Waals surface area (Å²) in [6, 6.07) is 0. The van der Waals surface area contributed by atoms with Gasteiger partial charge in [0.25, 0.3) is 5.56 Å². The SMILES string of the molecule is CCCCCCOc1cnn(C(C)(C)C)c(=O)c1Cl. The van der Waals surface area contributed by atoms with Gasteiger partial charge in [-0.05, 0) is 27.2 Å². The monoisotopic (exact) mass is 286 g/mol. The van der Waals surface area contributed by atoms with E-state index in [2.05, 4.69) is 12.0 Å². The third-order valence-electron chi connectivity index (χ3n) is 2.78. The van der Waals surface area contributed by atoms with E-state index in [1.807, 2.05) is 20.8 Å². The first-order valence-electron chi connectivity index (χ1n) is 6.79. The third-order valence-corrected chi connectivity index (χ3v) is 3.13. The minimum absolute atomic E-state index is 0.111. The van der Waals surface area contributed by atoms with E-state index in [9.17, 15) is 4.79 Å². The summed E-state index contributed by atoms with van der Waals surface area (Å²) in [4.78, 5) is 12.1. The van der Waals surface area contributed by atoms with Crippen molar-refractivity contribution in [3.05, 3.63) is 21.6 Å². The average molecular weight is 287 g/mol. The van der Waals surface area contributed by atoms with E-state index in [4.69, 9.17) is 16.3 Å². The van der Waals surface area contributed by atoms with Gasteiger partial charge in [0.15, 0.2) is 10.8 Å². The Balaban J connectivity index is 2.72. The van der Waals surface area contributed by atoms with Crippen LogP contribution >= 0.6 is 11.6 Å². The molecule has 1 rings (SSSR count). The zero-order chi connectivity index (χ0) is 14.5. The highest BCUT2D eigenvalue weighted by Gasteiger charge is 2.19. The summed E-state index contributed by atoms with van der Waals surface area (Å²) in [6.07, 6.45) is 5.99. The summed E-state index contributed by atoms with van der Waals surface area (Å²) in [5.41, 5.74) is -0.694. The molecule has 0 amide bonds. The maximum Gasteiger partial charge on any atom is 0.289 e. The third kappa shape index (κ3) is 4.53. The Hall–Kier alpha value is -1.03. The molecule has 0 aliphatic rings. The molecule has 1 heterocycles. The number of nitrogens with zero attached hydrogens (tertiary/aromatic N) is 2. The predicted molar refractivity (Wildman–Crippen MR) is 78.1 cm³/mol. The normalized spacial score (nSPS) is 11.6. The van der Waals surface area contributed by atoms with Crippen LogP contribution in [-0.4, -0.2) is 16.4 Å². The van der Waals surface area contributed by atoms with Crippen LogP contribution < -0.4 is 10.3 Å². The van der Waals surface area contributed by atoms with E-state index in [-0.39, 0.29) is 16.1 Å². The van der Waals surface area contributed by atoms with Crippen molar-refractivity contribution >= 4 is 11.6 Å². The minimum Gasteiger partial charge on any atom is -0.490 e. The molecule has 0 aliphatic carbocycles. The van der Waals surface area contributed by atoms with Gasteiger partial charge >= 0.3 is 0 Å². The Labute approximate surface area is 119 Å². The first-order valence-corrected chi connectivity index (χ1v) is 7.17. The largest absolute Gasteiger partial charge is 0.490 e. The summed E-state index contributed by atoms with van der Waals surface area (Å²) in [6.45, 7) is 8.45. The molecule has 0 saturated heterocycles. The van der Waals surface area contributed by atoms with E-state index in [1.54, 1.807) is 0 Å². The summed E-state index contributed by atoms with van der Waals surface area (Å²) in [5, 5.41) is 4.23. The molecule has 4 nitrogen and oxygen atoms in total. The molecule has 0 radical (unpaired) electrons. The number of unbranched alkanes of at least 4 members (excludes halogenated alkanes) is 3. The van der Waals surface area contributed by atoms with Gasteiger partial charge in [-0.1, -0.05) is 37.8 Å². The fourth-order valence-corrected chi connectivity index (χ4v) is 1.89. The molecule has 0 N–H and O–H groups in total. The van der Waals surface area contributed by atoms with Gasteiger partial charge < -0.3 is 4.74 Å². The quantitative estimate of drug-likeness (QED) is 0.750. The zero-order valence-corrected chi connectivity index (χ0v) is 13.0. The van der Waals surface area contributed by atoms with Crippen LogP contribution in [0.15, 0.2) is 11.0 Å². The van der Waals surface area contributed by atoms with Gasteiger partial charge in [0.2, 0.25) is 0 Å². The van der Waals surface area contributed by atoms with Crippen LogP contribution in [0.3, 0.4) is 0 Å². The van der Waals surface area contributed by atoms with Crippen molar-refractivity contribution in [2.24, 2.45) is 0 Å². The highest BCUT2D eigenvalue weighted by atomic mass is 35.5. The Morgan fingerprint density at radius 2 is 2.00 bits per heavy atom. The molecule has 0 saturated carbocycles. The lowest BCUT2D eigenvalue weighted by Crippen LogP contribution is -2.36. The van der Waals surface area contributed by atoms with E-state index in [0.717, 1.165) is 12.8 Å². The van der Waals surface area contributed by atoms with Crippen molar-refractivity contribution in [1.82, 2.24) is 9.78 Å². The van der Waals surface area contributed by atoms with E-state index in [1.165, 1.54) is 23.7 Å². The van der Waals surface area contributed by atoms with Crippen LogP contribution in [0, 0.1) is 0 Å². The van der Waals surface area contributed by atoms with Gasteiger partial charge in [0, 0.05) is 0 Å². The Morgan fingerprint density at radius 1 is 1.32 bits per heavy atom. The van der Waals surface area contributed by atoms with Crippen molar-refractivity contribution in [1.29, 1.82) is 0 Å². The lowest BCUT2D eigenvalue weighted by Gasteiger charge is -2.21. The topological polar surface area (TPSA) is 44.1 Å². The number of rotatable bonds is 6. The maximum atomic E-state index is 12.1. The molecule has 19 heavy (non-hydrogen) atoms. The van der Waals surface area contributed by atoms with E-state index >= 15 is 0 Å². The van der Waals surface area contributed by atoms with Crippen LogP contribution in [-0.2, 0) is 5.54 Å². The van der Waals surface area contributed by atoms with Crippen molar-refractivity contribution in [3.63, 3.8) is 0 Å². The molecule has 0 fully saturated rings. The lowest BCUT2D eigenvalue weighted by molar-refractivity contribution is 0.292. The van der Waals surface area contributed by atoms with Crippen molar-refractivity contribution in [2.75, 3.05) is 6.61 Å². The highest BCUT2D eigenvalue weighted by molar-refractivity contribution is 6.31. The van der Waals surface area contributed by atoms with Crippen LogP contribution in [0.2, 0.25) is 5.02 Å². The van der Waals surface area contributed by atoms with Crippen LogP contribution in [0.5, 0.6) is 5.75 Å². The summed E-state index contributed by atoms with van der Waals surface area (Å²) in [7, 11) is 0. The molecule has 0 bridgehead atoms. The second kappa shape index (κ2) is 6.94. The van der Waals surface area contributed by atoms with Gasteiger partial charge in [-0.3, -0.25) is 4.79 Å². The first-order chi connectivity index (χ1) is 8.88. The standard InChI is InChI=1S/C14H23ClN2O2/c1-5-6-7-8-9-19-11-10-16-17(14(2,3)4)13(18)12(11)15/h10H,5-9H2,1-4H3. The van der Waals surface area contributed by atoms with Gasteiger partial charge in [0.05, 0.1) is 18.3 Å². The molecule has 1 aromatic heterocycles. The Morgan fingerprint density at radius 3 is 2.58 bits per heavy atom. The fraction of sp³-hybridized carbons (Fsp3) is 0.714. The predicted octanol–water partition coefficient (Wildman–Crippen LogP) is 3.61. The minimum atomic E-state index is -0.389. The zero-order valence-electron chi connectivity index (χ0n) is 12.2. The lowest BCUT2D eigenvalue weighted by atomic mass is 10.1. The molecule has 0 aromatic carbocycles. The second-order valence-corrected chi connectivity index (χ2v) is 6.00. The molecule has 0 spiro atoms. The Bertz CT molecular complexity index is 463. The first kappa shape index (κ1) is 16.0. The molecule has 0 aliphatic heterocycles. The van der Waals surface area contributed by atoms with E-state index < -0.39 is 0 Å². The average Bonchev–Trinajstić information content (AvgIpc) is 2.32. The fourth-order valence-electron chi connectivity index (χ4n) is 1.71. The summed E-state index contributed by atoms with van der Waals surface area (Å²) >= 11 is 6.05. The van der Waals surface area contributed by atoms with Crippen LogP contribution in [0.25, 0.3) is 0 Å². The smallest absolute Gasteiger partial charge is 0.289 e. The summed E-state index contributed by atoms with van der Waals surface area (Å²) in [5.74, 6) is 0.378. The number of hydrogen-bond acceptors (Lipinski definition) is 3. The molecule has 0 unspecified atom stereocenters. The van der Waals surface area contributed by atoms with Crippen molar-refractivity contribution < 1.29 is 4.74 Å². The van der Waals surface area contributed by atoms with Gasteiger partial charge in [-0.15, -0.1) is 0 Å². The summed E-state index contributed by atoms with van der Waals surface area (Å²) < 4.78 is 6.90. The molecular weight excluding hydrogens is 264 g/mol. The van der Waals surface area contributed by atoms with Crippen molar-refractivity contribution in [3.8, 4) is 5.75 Å². The van der Waals surface area contributed by atoms with Crippen LogP contribution in [0.4, 0.5) is 0 Å². The van der Waals surface area contributed by atoms with Crippen LogP contribution in [0.1, 0.15) is 53.4 Å². The molecule has 0 atom stereocenters. The number of halogens is 1. The molecule has 1 aromatic rings. The molecule has 5 heteroatoms. The second-order valence-electron chi connectivity index (χ2n) is 5.62. The Kier molecular flexibility index (Phi) is 5.85. The molecular formula is C14H23ClN2O2. The molecule has 108 valence electrons. The van der Waals surface area contributed by atoms with Gasteiger partial charge in [-0.25, -0.2) is 4.68 Å². The van der Waals surface area contributed by atoms with Gasteiger partial charge in [-0.2, -0.15) is 5.10 Å². The van der Waals surface area contributed by atoms with Crippen molar-refractivity contribution in [2.45, 2.75) is 58.9 Å². The number of aromatic nitrogens is 2. The number of ether oxygens (including phenoxy) is 1. The number of hydrogen-bond donors (Lipinski definition) is 0.